The van der Waals surface area contributed by atoms with Crippen molar-refractivity contribution in [2.75, 3.05) is 0 Å². The van der Waals surface area contributed by atoms with Crippen molar-refractivity contribution in [3.8, 4) is 0 Å². The van der Waals surface area contributed by atoms with Gasteiger partial charge in [0.2, 0.25) is 0 Å². The summed E-state index contributed by atoms with van der Waals surface area (Å²) in [5, 5.41) is 0. The molecular formula is C24H54Si2. The standard InChI is InChI=1S/C24H54Si2/c1-7-13-19-25(20-14-8-2,21-15-9-3)26(22-16-10-4,23-17-11-5)24-18-12-6/h7-24H2,1-6H3. The van der Waals surface area contributed by atoms with Gasteiger partial charge in [-0.1, -0.05) is 155 Å². The van der Waals surface area contributed by atoms with Crippen molar-refractivity contribution >= 4 is 15.2 Å². The zero-order chi connectivity index (χ0) is 19.7. The molecule has 0 nitrogen and oxygen atoms in total. The van der Waals surface area contributed by atoms with Gasteiger partial charge in [-0.3, -0.25) is 0 Å². The van der Waals surface area contributed by atoms with Crippen molar-refractivity contribution in [1.29, 1.82) is 0 Å². The van der Waals surface area contributed by atoms with Gasteiger partial charge < -0.3 is 0 Å². The van der Waals surface area contributed by atoms with Gasteiger partial charge in [0.05, 0.1) is 0 Å². The quantitative estimate of drug-likeness (QED) is 0.190. The molecule has 0 saturated carbocycles. The van der Waals surface area contributed by atoms with Crippen LogP contribution in [-0.4, -0.2) is 15.2 Å². The van der Waals surface area contributed by atoms with Crippen LogP contribution in [0.1, 0.15) is 119 Å². The lowest BCUT2D eigenvalue weighted by Gasteiger charge is -2.50. The number of unbranched alkanes of at least 4 members (excludes halogenated alkanes) is 6. The van der Waals surface area contributed by atoms with Crippen LogP contribution in [0, 0.1) is 0 Å². The van der Waals surface area contributed by atoms with E-state index in [4.69, 9.17) is 0 Å². The van der Waals surface area contributed by atoms with Gasteiger partial charge in [0, 0.05) is 15.2 Å². The van der Waals surface area contributed by atoms with E-state index in [1.54, 1.807) is 74.8 Å². The molecule has 0 aliphatic carbocycles. The molecule has 0 heterocycles. The maximum Gasteiger partial charge on any atom is 0.0479 e. The van der Waals surface area contributed by atoms with E-state index in [0.29, 0.717) is 0 Å². The highest BCUT2D eigenvalue weighted by Crippen LogP contribution is 2.45. The third-order valence-corrected chi connectivity index (χ3v) is 28.5. The molecule has 0 radical (unpaired) electrons. The predicted octanol–water partition coefficient (Wildman–Crippen LogP) is 9.76. The molecule has 0 spiro atoms. The van der Waals surface area contributed by atoms with Crippen molar-refractivity contribution in [2.24, 2.45) is 0 Å². The Hall–Kier alpha value is 0.434. The smallest absolute Gasteiger partial charge is 0.0479 e. The SMILES string of the molecule is CCCC[Si](CCCC)(CCCC)[Si](CCCC)(CCCC)CCCC. The van der Waals surface area contributed by atoms with Gasteiger partial charge in [-0.2, -0.15) is 0 Å². The fourth-order valence-corrected chi connectivity index (χ4v) is 29.0. The molecule has 0 aliphatic rings. The molecule has 0 atom stereocenters. The first kappa shape index (κ1) is 26.4. The van der Waals surface area contributed by atoms with Crippen LogP contribution in [0.15, 0.2) is 0 Å². The Bertz CT molecular complexity index is 227. The van der Waals surface area contributed by atoms with Crippen molar-refractivity contribution in [3.63, 3.8) is 0 Å². The molecule has 0 unspecified atom stereocenters. The average molecular weight is 399 g/mol. The summed E-state index contributed by atoms with van der Waals surface area (Å²) in [4.78, 5) is 0. The first-order valence-corrected chi connectivity index (χ1v) is 18.9. The first-order valence-electron chi connectivity index (χ1n) is 12.6. The third-order valence-electron chi connectivity index (χ3n) is 7.18. The van der Waals surface area contributed by atoms with E-state index in [2.05, 4.69) is 41.5 Å². The topological polar surface area (TPSA) is 0 Å². The summed E-state index contributed by atoms with van der Waals surface area (Å²) in [6.07, 6.45) is 17.8. The summed E-state index contributed by atoms with van der Waals surface area (Å²) in [6, 6.07) is 10.2. The van der Waals surface area contributed by atoms with Gasteiger partial charge in [-0.25, -0.2) is 0 Å². The second-order valence-electron chi connectivity index (χ2n) is 9.18. The lowest BCUT2D eigenvalue weighted by Crippen LogP contribution is -2.62. The Morgan fingerprint density at radius 3 is 0.577 bits per heavy atom. The van der Waals surface area contributed by atoms with Gasteiger partial charge in [0.15, 0.2) is 0 Å². The molecule has 2 heteroatoms. The highest BCUT2D eigenvalue weighted by atomic mass is 29.3. The molecule has 0 N–H and O–H groups in total. The lowest BCUT2D eigenvalue weighted by molar-refractivity contribution is 0.776. The molecule has 0 aromatic carbocycles. The van der Waals surface area contributed by atoms with Crippen LogP contribution in [0.3, 0.4) is 0 Å². The van der Waals surface area contributed by atoms with Crippen LogP contribution < -0.4 is 0 Å². The maximum atomic E-state index is 2.44. The van der Waals surface area contributed by atoms with E-state index in [-0.39, 0.29) is 0 Å². The number of hydrogen-bond acceptors (Lipinski definition) is 0. The Morgan fingerprint density at radius 1 is 0.308 bits per heavy atom. The summed E-state index contributed by atoms with van der Waals surface area (Å²) in [7, 11) is -2.22. The summed E-state index contributed by atoms with van der Waals surface area (Å²) < 4.78 is 0. The van der Waals surface area contributed by atoms with Gasteiger partial charge in [0.1, 0.15) is 0 Å². The normalized spacial score (nSPS) is 12.7. The summed E-state index contributed by atoms with van der Waals surface area (Å²) in [5.74, 6) is 0. The van der Waals surface area contributed by atoms with E-state index in [9.17, 15) is 0 Å². The second-order valence-corrected chi connectivity index (χ2v) is 23.7. The summed E-state index contributed by atoms with van der Waals surface area (Å²) >= 11 is 0. The molecule has 0 aromatic rings. The van der Waals surface area contributed by atoms with Crippen LogP contribution in [0.2, 0.25) is 36.3 Å². The Balaban J connectivity index is 5.95. The van der Waals surface area contributed by atoms with Gasteiger partial charge in [-0.05, 0) is 0 Å². The third kappa shape index (κ3) is 8.63. The van der Waals surface area contributed by atoms with E-state index < -0.39 is 15.2 Å². The lowest BCUT2D eigenvalue weighted by atomic mass is 10.4. The fraction of sp³-hybridized carbons (Fsp3) is 1.00. The van der Waals surface area contributed by atoms with Crippen molar-refractivity contribution < 1.29 is 0 Å². The molecule has 0 bridgehead atoms. The minimum absolute atomic E-state index is 1.11. The van der Waals surface area contributed by atoms with E-state index in [1.807, 2.05) is 0 Å². The number of hydrogen-bond donors (Lipinski definition) is 0. The molecule has 0 amide bonds. The van der Waals surface area contributed by atoms with Gasteiger partial charge >= 0.3 is 0 Å². The zero-order valence-corrected chi connectivity index (χ0v) is 21.7. The molecule has 0 fully saturated rings. The first-order chi connectivity index (χ1) is 12.6. The second kappa shape index (κ2) is 16.4. The van der Waals surface area contributed by atoms with Crippen molar-refractivity contribution in [1.82, 2.24) is 0 Å². The number of rotatable bonds is 19. The Kier molecular flexibility index (Phi) is 16.7. The predicted molar refractivity (Wildman–Crippen MR) is 130 cm³/mol. The van der Waals surface area contributed by atoms with Gasteiger partial charge in [0.25, 0.3) is 0 Å². The molecule has 0 rings (SSSR count). The molecule has 26 heavy (non-hydrogen) atoms. The molecular weight excluding hydrogens is 344 g/mol. The highest BCUT2D eigenvalue weighted by molar-refractivity contribution is 7.42. The summed E-state index contributed by atoms with van der Waals surface area (Å²) in [6.45, 7) is 14.6. The van der Waals surface area contributed by atoms with E-state index in [0.717, 1.165) is 0 Å². The maximum absolute atomic E-state index is 2.44. The zero-order valence-electron chi connectivity index (χ0n) is 19.7. The summed E-state index contributed by atoms with van der Waals surface area (Å²) in [5.41, 5.74) is 0. The van der Waals surface area contributed by atoms with Crippen molar-refractivity contribution in [3.05, 3.63) is 0 Å². The Morgan fingerprint density at radius 2 is 0.462 bits per heavy atom. The molecule has 0 saturated heterocycles. The van der Waals surface area contributed by atoms with Crippen LogP contribution in [0.4, 0.5) is 0 Å². The average Bonchev–Trinajstić information content (AvgIpc) is 2.67. The van der Waals surface area contributed by atoms with Gasteiger partial charge in [-0.15, -0.1) is 0 Å². The van der Waals surface area contributed by atoms with E-state index >= 15 is 0 Å². The van der Waals surface area contributed by atoms with Crippen molar-refractivity contribution in [2.45, 2.75) is 155 Å². The largest absolute Gasteiger partial charge is 0.0654 e. The minimum atomic E-state index is -1.11. The highest BCUT2D eigenvalue weighted by Gasteiger charge is 2.50. The molecule has 0 aromatic heterocycles. The fourth-order valence-electron chi connectivity index (χ4n) is 5.43. The Labute approximate surface area is 170 Å². The van der Waals surface area contributed by atoms with E-state index in [1.165, 1.54) is 38.5 Å². The van der Waals surface area contributed by atoms with Crippen LogP contribution in [0.5, 0.6) is 0 Å². The molecule has 158 valence electrons. The monoisotopic (exact) mass is 398 g/mol. The molecule has 0 aliphatic heterocycles. The van der Waals surface area contributed by atoms with Crippen LogP contribution in [0.25, 0.3) is 0 Å². The van der Waals surface area contributed by atoms with Crippen LogP contribution in [-0.2, 0) is 0 Å². The minimum Gasteiger partial charge on any atom is -0.0654 e. The van der Waals surface area contributed by atoms with Crippen LogP contribution >= 0.6 is 0 Å².